The first-order valence-corrected chi connectivity index (χ1v) is 16.4. The van der Waals surface area contributed by atoms with E-state index in [1.807, 2.05) is 19.2 Å². The lowest BCUT2D eigenvalue weighted by atomic mass is 9.93. The summed E-state index contributed by atoms with van der Waals surface area (Å²) >= 11 is 1.56. The Morgan fingerprint density at radius 2 is 1.85 bits per heavy atom. The molecule has 0 saturated heterocycles. The summed E-state index contributed by atoms with van der Waals surface area (Å²) in [6, 6.07) is 1.74. The van der Waals surface area contributed by atoms with Crippen molar-refractivity contribution < 1.29 is 18.6 Å². The second-order valence-electron chi connectivity index (χ2n) is 11.6. The van der Waals surface area contributed by atoms with Crippen LogP contribution in [-0.2, 0) is 9.84 Å². The zero-order valence-corrected chi connectivity index (χ0v) is 24.1. The van der Waals surface area contributed by atoms with Gasteiger partial charge in [0.2, 0.25) is 5.95 Å². The van der Waals surface area contributed by atoms with E-state index in [1.165, 1.54) is 6.42 Å². The van der Waals surface area contributed by atoms with Crippen LogP contribution in [0.4, 0.5) is 11.8 Å². The maximum Gasteiger partial charge on any atom is 0.225 e. The molecular weight excluding hydrogens is 536 g/mol. The van der Waals surface area contributed by atoms with Crippen LogP contribution in [-0.4, -0.2) is 73.9 Å². The first-order valence-electron chi connectivity index (χ1n) is 13.9. The monoisotopic (exact) mass is 572 g/mol. The fourth-order valence-electron chi connectivity index (χ4n) is 5.47. The summed E-state index contributed by atoms with van der Waals surface area (Å²) in [5.41, 5.74) is 3.45. The molecule has 3 saturated carbocycles. The maximum atomic E-state index is 12.6. The van der Waals surface area contributed by atoms with Gasteiger partial charge < -0.3 is 20.8 Å². The molecule has 0 bridgehead atoms. The minimum atomic E-state index is -3.38. The molecule has 3 aliphatic carbocycles. The van der Waals surface area contributed by atoms with Crippen molar-refractivity contribution >= 4 is 43.2 Å². The van der Waals surface area contributed by atoms with E-state index in [1.54, 1.807) is 25.2 Å². The summed E-state index contributed by atoms with van der Waals surface area (Å²) < 4.78 is 26.2. The molecule has 0 aromatic carbocycles. The molecule has 39 heavy (non-hydrogen) atoms. The lowest BCUT2D eigenvalue weighted by Gasteiger charge is -2.27. The van der Waals surface area contributed by atoms with Crippen molar-refractivity contribution in [1.82, 2.24) is 19.9 Å². The molecule has 4 atom stereocenters. The van der Waals surface area contributed by atoms with E-state index < -0.39 is 39.3 Å². The van der Waals surface area contributed by atoms with Gasteiger partial charge in [-0.15, -0.1) is 11.3 Å². The fraction of sp³-hybridized carbons (Fsp3) is 0.630. The number of hydrogen-bond acceptors (Lipinski definition) is 11. The van der Waals surface area contributed by atoms with Crippen molar-refractivity contribution in [3.8, 4) is 10.6 Å². The highest BCUT2D eigenvalue weighted by molar-refractivity contribution is 7.91. The molecule has 0 radical (unpaired) electrons. The van der Waals surface area contributed by atoms with Crippen LogP contribution in [0.2, 0.25) is 0 Å². The van der Waals surface area contributed by atoms with Gasteiger partial charge in [0, 0.05) is 24.1 Å². The molecule has 3 aromatic heterocycles. The Morgan fingerprint density at radius 1 is 1.08 bits per heavy atom. The summed E-state index contributed by atoms with van der Waals surface area (Å²) in [6.07, 6.45) is 5.44. The molecule has 210 valence electrons. The first-order chi connectivity index (χ1) is 18.6. The van der Waals surface area contributed by atoms with E-state index in [2.05, 4.69) is 15.6 Å². The van der Waals surface area contributed by atoms with E-state index in [4.69, 9.17) is 15.0 Å². The number of thiazole rings is 1. The highest BCUT2D eigenvalue weighted by atomic mass is 32.2. The minimum absolute atomic E-state index is 0.167. The first kappa shape index (κ1) is 26.8. The molecule has 0 aliphatic heterocycles. The molecule has 12 heteroatoms. The van der Waals surface area contributed by atoms with Crippen LogP contribution >= 0.6 is 11.3 Å². The number of anilines is 2. The number of pyridine rings is 1. The number of aromatic nitrogens is 4. The van der Waals surface area contributed by atoms with Crippen molar-refractivity contribution in [2.24, 2.45) is 5.92 Å². The summed E-state index contributed by atoms with van der Waals surface area (Å²) in [7, 11) is -3.38. The molecule has 0 spiro atoms. The van der Waals surface area contributed by atoms with Gasteiger partial charge in [-0.1, -0.05) is 0 Å². The molecule has 4 N–H and O–H groups in total. The summed E-state index contributed by atoms with van der Waals surface area (Å²) in [5, 5.41) is 28.7. The van der Waals surface area contributed by atoms with Gasteiger partial charge in [-0.2, -0.15) is 4.98 Å². The van der Waals surface area contributed by atoms with Gasteiger partial charge in [0.1, 0.15) is 22.4 Å². The number of aryl methyl sites for hydroxylation is 1. The number of aliphatic hydroxyl groups excluding tert-OH is 2. The zero-order chi connectivity index (χ0) is 27.5. The van der Waals surface area contributed by atoms with Gasteiger partial charge in [0.05, 0.1) is 44.8 Å². The van der Waals surface area contributed by atoms with Crippen molar-refractivity contribution in [2.45, 2.75) is 94.8 Å². The van der Waals surface area contributed by atoms with Crippen molar-refractivity contribution in [3.63, 3.8) is 0 Å². The van der Waals surface area contributed by atoms with Crippen LogP contribution in [0, 0.1) is 12.8 Å². The van der Waals surface area contributed by atoms with E-state index in [0.717, 1.165) is 57.9 Å². The third kappa shape index (κ3) is 5.23. The Hall–Kier alpha value is -2.41. The Balaban J connectivity index is 1.35. The molecule has 3 aromatic rings. The number of hydrogen-bond donors (Lipinski definition) is 4. The number of sulfone groups is 1. The van der Waals surface area contributed by atoms with Gasteiger partial charge >= 0.3 is 0 Å². The third-order valence-corrected chi connectivity index (χ3v) is 11.7. The predicted molar refractivity (Wildman–Crippen MR) is 153 cm³/mol. The smallest absolute Gasteiger partial charge is 0.225 e. The van der Waals surface area contributed by atoms with E-state index in [0.29, 0.717) is 30.1 Å². The number of aliphatic hydroxyl groups is 2. The fourth-order valence-corrected chi connectivity index (χ4v) is 7.85. The quantitative estimate of drug-likeness (QED) is 0.299. The Labute approximate surface area is 232 Å². The highest BCUT2D eigenvalue weighted by Gasteiger charge is 2.44. The number of fused-ring (bicyclic) bond motifs is 1. The molecule has 1 unspecified atom stereocenters. The summed E-state index contributed by atoms with van der Waals surface area (Å²) in [6.45, 7) is 5.20. The van der Waals surface area contributed by atoms with Crippen LogP contribution in [0.5, 0.6) is 0 Å². The van der Waals surface area contributed by atoms with Crippen LogP contribution in [0.1, 0.15) is 69.7 Å². The number of nitrogens with zero attached hydrogens (tertiary/aromatic N) is 4. The maximum absolute atomic E-state index is 12.6. The van der Waals surface area contributed by atoms with Gasteiger partial charge in [0.15, 0.2) is 9.84 Å². The van der Waals surface area contributed by atoms with E-state index in [-0.39, 0.29) is 5.75 Å². The average Bonchev–Trinajstić information content (AvgIpc) is 3.56. The molecule has 6 rings (SSSR count). The van der Waals surface area contributed by atoms with Gasteiger partial charge in [-0.3, -0.25) is 4.98 Å². The van der Waals surface area contributed by atoms with Crippen molar-refractivity contribution in [2.75, 3.05) is 16.4 Å². The van der Waals surface area contributed by atoms with Gasteiger partial charge in [-0.25, -0.2) is 18.4 Å². The highest BCUT2D eigenvalue weighted by Crippen LogP contribution is 2.44. The van der Waals surface area contributed by atoms with Crippen LogP contribution in [0.25, 0.3) is 20.8 Å². The van der Waals surface area contributed by atoms with Crippen LogP contribution in [0.15, 0.2) is 12.3 Å². The average molecular weight is 573 g/mol. The molecule has 3 aliphatic rings. The van der Waals surface area contributed by atoms with Crippen molar-refractivity contribution in [1.29, 1.82) is 0 Å². The molecular formula is C27H36N6O4S2. The molecule has 3 fully saturated rings. The Bertz CT molecular complexity index is 1480. The second kappa shape index (κ2) is 10.2. The standard InChI is InChI=1S/C27H36N6O4S2/c1-13(2)39(36,37)12-16-11-18(24(35)23(16)34)31-25-20(14(3)29-27(33-25)30-17-5-4-6-17)26-32-22-19(38-26)9-10-28-21(22)15-7-8-15/h9-10,13,15-18,23-24,34-35H,4-8,11-12H2,1-3H3,(H2,29,30,31,33)/t16-,18?,23-,24+/m1/s1. The SMILES string of the molecule is Cc1nc(NC2CCC2)nc(NC2C[C@H](CS(=O)(=O)C(C)C)[C@@H](O)[C@H]2O)c1-c1nc2c(C3CC3)nccc2s1. The van der Waals surface area contributed by atoms with E-state index in [9.17, 15) is 18.6 Å². The molecule has 3 heterocycles. The molecule has 10 nitrogen and oxygen atoms in total. The van der Waals surface area contributed by atoms with Gasteiger partial charge in [0.25, 0.3) is 0 Å². The minimum Gasteiger partial charge on any atom is -0.390 e. The van der Waals surface area contributed by atoms with Crippen LogP contribution < -0.4 is 10.6 Å². The molecule has 0 amide bonds. The van der Waals surface area contributed by atoms with E-state index >= 15 is 0 Å². The number of nitrogens with one attached hydrogen (secondary N) is 2. The summed E-state index contributed by atoms with van der Waals surface area (Å²) in [4.78, 5) is 19.2. The number of rotatable bonds is 9. The topological polar surface area (TPSA) is 150 Å². The van der Waals surface area contributed by atoms with Crippen LogP contribution in [0.3, 0.4) is 0 Å². The lowest BCUT2D eigenvalue weighted by molar-refractivity contribution is 0.0216. The van der Waals surface area contributed by atoms with Gasteiger partial charge in [-0.05, 0) is 65.4 Å². The normalized spacial score (nSPS) is 25.8. The largest absolute Gasteiger partial charge is 0.390 e. The van der Waals surface area contributed by atoms with Crippen molar-refractivity contribution in [3.05, 3.63) is 23.7 Å². The predicted octanol–water partition coefficient (Wildman–Crippen LogP) is 3.64. The zero-order valence-electron chi connectivity index (χ0n) is 22.5. The second-order valence-corrected chi connectivity index (χ2v) is 15.2. The Kier molecular flexibility index (Phi) is 7.01. The third-order valence-electron chi connectivity index (χ3n) is 8.33. The Morgan fingerprint density at radius 3 is 2.51 bits per heavy atom. The summed E-state index contributed by atoms with van der Waals surface area (Å²) in [5.74, 6) is 0.755. The lowest BCUT2D eigenvalue weighted by Crippen LogP contribution is -2.36.